The van der Waals surface area contributed by atoms with Crippen molar-refractivity contribution in [3.8, 4) is 5.75 Å². The Kier molecular flexibility index (Phi) is 6.12. The van der Waals surface area contributed by atoms with Gasteiger partial charge in [-0.1, -0.05) is 12.1 Å². The molecule has 0 radical (unpaired) electrons. The Morgan fingerprint density at radius 2 is 1.90 bits per heavy atom. The second kappa shape index (κ2) is 8.75. The van der Waals surface area contributed by atoms with Crippen LogP contribution in [0.5, 0.6) is 5.75 Å². The number of amides is 1. The van der Waals surface area contributed by atoms with Crippen molar-refractivity contribution in [1.82, 2.24) is 4.90 Å². The summed E-state index contributed by atoms with van der Waals surface area (Å²) in [4.78, 5) is 37.1. The highest BCUT2D eigenvalue weighted by Gasteiger charge is 2.45. The Balaban J connectivity index is 2.11. The number of nitro groups is 1. The fraction of sp³-hybridized carbons (Fsp3) is 0.238. The van der Waals surface area contributed by atoms with Gasteiger partial charge in [0.2, 0.25) is 0 Å². The smallest absolute Gasteiger partial charge is 0.295 e. The van der Waals surface area contributed by atoms with Crippen LogP contribution in [0.3, 0.4) is 0 Å². The van der Waals surface area contributed by atoms with Crippen molar-refractivity contribution in [3.05, 3.63) is 75.3 Å². The van der Waals surface area contributed by atoms with Crippen molar-refractivity contribution in [2.75, 3.05) is 20.3 Å². The fourth-order valence-corrected chi connectivity index (χ4v) is 3.43. The number of nitro benzene ring substituents is 1. The molecule has 0 aliphatic carbocycles. The van der Waals surface area contributed by atoms with Gasteiger partial charge in [0.1, 0.15) is 11.5 Å². The number of carbonyl (C=O) groups excluding carboxylic acids is 2. The molecule has 1 saturated heterocycles. The summed E-state index contributed by atoms with van der Waals surface area (Å²) in [7, 11) is 1.52. The molecule has 1 amide bonds. The molecule has 9 nitrogen and oxygen atoms in total. The van der Waals surface area contributed by atoms with Gasteiger partial charge in [-0.25, -0.2) is 0 Å². The van der Waals surface area contributed by atoms with Gasteiger partial charge in [-0.2, -0.15) is 0 Å². The minimum Gasteiger partial charge on any atom is -0.508 e. The zero-order valence-electron chi connectivity index (χ0n) is 16.1. The standard InChI is InChI=1S/C21H20N2O7/c1-30-11-3-10-22-18(14-4-2-5-16(24)12-14)17(20(26)21(22)27)19(25)13-6-8-15(9-7-13)23(28)29/h2,4-9,12,18,24-25H,3,10-11H2,1H3/b19-17-. The summed E-state index contributed by atoms with van der Waals surface area (Å²) < 4.78 is 5.02. The van der Waals surface area contributed by atoms with E-state index >= 15 is 0 Å². The number of non-ortho nitro benzene ring substituents is 1. The van der Waals surface area contributed by atoms with Crippen LogP contribution in [0.1, 0.15) is 23.6 Å². The van der Waals surface area contributed by atoms with E-state index in [9.17, 15) is 29.9 Å². The number of aromatic hydroxyl groups is 1. The lowest BCUT2D eigenvalue weighted by atomic mass is 9.95. The van der Waals surface area contributed by atoms with Crippen LogP contribution in [-0.4, -0.2) is 52.0 Å². The molecular formula is C21H20N2O7. The van der Waals surface area contributed by atoms with Gasteiger partial charge in [-0.3, -0.25) is 19.7 Å². The molecule has 9 heteroatoms. The molecule has 30 heavy (non-hydrogen) atoms. The number of aliphatic hydroxyl groups is 1. The maximum atomic E-state index is 12.8. The highest BCUT2D eigenvalue weighted by Crippen LogP contribution is 2.40. The van der Waals surface area contributed by atoms with Crippen molar-refractivity contribution in [2.45, 2.75) is 12.5 Å². The van der Waals surface area contributed by atoms with Crippen LogP contribution in [0.25, 0.3) is 5.76 Å². The number of carbonyl (C=O) groups is 2. The monoisotopic (exact) mass is 412 g/mol. The Bertz CT molecular complexity index is 1010. The van der Waals surface area contributed by atoms with Gasteiger partial charge < -0.3 is 19.8 Å². The highest BCUT2D eigenvalue weighted by atomic mass is 16.6. The van der Waals surface area contributed by atoms with E-state index in [0.29, 0.717) is 18.6 Å². The average Bonchev–Trinajstić information content (AvgIpc) is 2.98. The summed E-state index contributed by atoms with van der Waals surface area (Å²) in [6, 6.07) is 10.2. The van der Waals surface area contributed by atoms with Crippen molar-refractivity contribution in [1.29, 1.82) is 0 Å². The Morgan fingerprint density at radius 1 is 1.20 bits per heavy atom. The first-order valence-electron chi connectivity index (χ1n) is 9.16. The summed E-state index contributed by atoms with van der Waals surface area (Å²) in [5.41, 5.74) is 0.309. The zero-order chi connectivity index (χ0) is 21.8. The van der Waals surface area contributed by atoms with Gasteiger partial charge in [0.05, 0.1) is 16.5 Å². The normalized spacial score (nSPS) is 18.0. The second-order valence-corrected chi connectivity index (χ2v) is 6.74. The van der Waals surface area contributed by atoms with E-state index in [1.165, 1.54) is 48.4 Å². The van der Waals surface area contributed by atoms with Gasteiger partial charge in [0.25, 0.3) is 17.4 Å². The van der Waals surface area contributed by atoms with Crippen molar-refractivity contribution in [2.24, 2.45) is 0 Å². The number of methoxy groups -OCH3 is 1. The van der Waals surface area contributed by atoms with Crippen LogP contribution in [0.15, 0.2) is 54.1 Å². The number of rotatable bonds is 7. The van der Waals surface area contributed by atoms with Crippen LogP contribution >= 0.6 is 0 Å². The summed E-state index contributed by atoms with van der Waals surface area (Å²) in [5, 5.41) is 31.6. The van der Waals surface area contributed by atoms with E-state index in [1.807, 2.05) is 0 Å². The predicted octanol–water partition coefficient (Wildman–Crippen LogP) is 2.76. The second-order valence-electron chi connectivity index (χ2n) is 6.74. The number of hydrogen-bond acceptors (Lipinski definition) is 7. The molecule has 2 aromatic carbocycles. The summed E-state index contributed by atoms with van der Waals surface area (Å²) in [5.74, 6) is -2.13. The van der Waals surface area contributed by atoms with E-state index < -0.39 is 28.4 Å². The van der Waals surface area contributed by atoms with Crippen LogP contribution in [-0.2, 0) is 14.3 Å². The number of nitrogens with zero attached hydrogens (tertiary/aromatic N) is 2. The molecule has 0 bridgehead atoms. The quantitative estimate of drug-likeness (QED) is 0.179. The number of ketones is 1. The third kappa shape index (κ3) is 4.01. The molecule has 1 unspecified atom stereocenters. The molecule has 1 atom stereocenters. The highest BCUT2D eigenvalue weighted by molar-refractivity contribution is 6.46. The average molecular weight is 412 g/mol. The number of Topliss-reactive ketones (excluding diaryl/α,β-unsaturated/α-hetero) is 1. The number of phenolic OH excluding ortho intramolecular Hbond substituents is 1. The fourth-order valence-electron chi connectivity index (χ4n) is 3.43. The van der Waals surface area contributed by atoms with E-state index in [0.717, 1.165) is 0 Å². The first kappa shape index (κ1) is 21.0. The molecule has 0 aromatic heterocycles. The number of aliphatic hydroxyl groups excluding tert-OH is 1. The first-order valence-corrected chi connectivity index (χ1v) is 9.16. The van der Waals surface area contributed by atoms with E-state index in [1.54, 1.807) is 12.1 Å². The SMILES string of the molecule is COCCCN1C(=O)C(=O)/C(=C(\O)c2ccc([N+](=O)[O-])cc2)C1c1cccc(O)c1. The predicted molar refractivity (Wildman–Crippen MR) is 107 cm³/mol. The third-order valence-corrected chi connectivity index (χ3v) is 4.82. The van der Waals surface area contributed by atoms with E-state index in [2.05, 4.69) is 0 Å². The Labute approximate surface area is 172 Å². The Morgan fingerprint density at radius 3 is 2.50 bits per heavy atom. The minimum absolute atomic E-state index is 0.0506. The van der Waals surface area contributed by atoms with Gasteiger partial charge in [0.15, 0.2) is 0 Å². The van der Waals surface area contributed by atoms with E-state index in [4.69, 9.17) is 4.74 Å². The molecule has 2 aromatic rings. The Hall–Kier alpha value is -3.72. The van der Waals surface area contributed by atoms with Crippen molar-refractivity contribution >= 4 is 23.1 Å². The zero-order valence-corrected chi connectivity index (χ0v) is 16.1. The molecule has 1 heterocycles. The van der Waals surface area contributed by atoms with Gasteiger partial charge in [0, 0.05) is 38.0 Å². The number of phenols is 1. The summed E-state index contributed by atoms with van der Waals surface area (Å²) >= 11 is 0. The summed E-state index contributed by atoms with van der Waals surface area (Å²) in [6.45, 7) is 0.577. The van der Waals surface area contributed by atoms with Crippen molar-refractivity contribution in [3.63, 3.8) is 0 Å². The molecule has 2 N–H and O–H groups in total. The maximum absolute atomic E-state index is 12.8. The van der Waals surface area contributed by atoms with Crippen LogP contribution < -0.4 is 0 Å². The lowest BCUT2D eigenvalue weighted by molar-refractivity contribution is -0.384. The van der Waals surface area contributed by atoms with Crippen molar-refractivity contribution < 1.29 is 29.5 Å². The molecular weight excluding hydrogens is 392 g/mol. The molecule has 156 valence electrons. The molecule has 3 rings (SSSR count). The molecule has 0 saturated carbocycles. The van der Waals surface area contributed by atoms with Crippen LogP contribution in [0.4, 0.5) is 5.69 Å². The first-order chi connectivity index (χ1) is 14.3. The lowest BCUT2D eigenvalue weighted by Crippen LogP contribution is -2.31. The van der Waals surface area contributed by atoms with Crippen LogP contribution in [0, 0.1) is 10.1 Å². The number of ether oxygens (including phenoxy) is 1. The van der Waals surface area contributed by atoms with Crippen LogP contribution in [0.2, 0.25) is 0 Å². The topological polar surface area (TPSA) is 130 Å². The lowest BCUT2D eigenvalue weighted by Gasteiger charge is -2.25. The van der Waals surface area contributed by atoms with E-state index in [-0.39, 0.29) is 29.1 Å². The molecule has 1 aliphatic heterocycles. The number of benzene rings is 2. The third-order valence-electron chi connectivity index (χ3n) is 4.82. The van der Waals surface area contributed by atoms with Gasteiger partial charge in [-0.15, -0.1) is 0 Å². The van der Waals surface area contributed by atoms with Gasteiger partial charge >= 0.3 is 0 Å². The largest absolute Gasteiger partial charge is 0.508 e. The molecule has 1 fully saturated rings. The molecule has 0 spiro atoms. The number of hydrogen-bond donors (Lipinski definition) is 2. The van der Waals surface area contributed by atoms with Gasteiger partial charge in [-0.05, 0) is 36.2 Å². The summed E-state index contributed by atoms with van der Waals surface area (Å²) in [6.07, 6.45) is 0.469. The maximum Gasteiger partial charge on any atom is 0.295 e. The number of likely N-dealkylation sites (tertiary alicyclic amines) is 1. The minimum atomic E-state index is -0.913. The molecule has 1 aliphatic rings.